The lowest BCUT2D eigenvalue weighted by molar-refractivity contribution is 0.115. The molecule has 176 valence electrons. The Hall–Kier alpha value is -2.21. The van der Waals surface area contributed by atoms with E-state index in [1.165, 1.54) is 67.3 Å². The molecule has 3 aromatic rings. The maximum absolute atomic E-state index is 9.62. The van der Waals surface area contributed by atoms with Crippen LogP contribution in [-0.2, 0) is 13.0 Å². The van der Waals surface area contributed by atoms with Gasteiger partial charge in [-0.05, 0) is 88.8 Å². The molecule has 0 spiro atoms. The second-order valence-corrected chi connectivity index (χ2v) is 10.6. The number of likely N-dealkylation sites (tertiary alicyclic amines) is 1. The molecule has 0 unspecified atom stereocenters. The van der Waals surface area contributed by atoms with Gasteiger partial charge in [0.2, 0.25) is 0 Å². The number of fused-ring (bicyclic) bond motifs is 1. The molecular weight excluding hydrogens is 410 g/mol. The number of aromatic nitrogens is 1. The molecule has 1 aliphatic carbocycles. The standard InChI is InChI=1S/C28H37N3O2/c1-30(2)18-25-23(22-6-4-3-5-7-22)9-10-24-26(29-33-27(24)25)11-8-21-12-16-31(17-13-21)19-28(20-32)14-15-28/h3-7,9-10,21,32H,8,11-20H2,1-2H3. The van der Waals surface area contributed by atoms with E-state index in [9.17, 15) is 5.11 Å². The SMILES string of the molecule is CN(C)Cc1c(-c2ccccc2)ccc2c(CCC3CCN(CC4(CO)CC4)CC3)noc12. The second kappa shape index (κ2) is 9.57. The van der Waals surface area contributed by atoms with Crippen LogP contribution in [0.1, 0.15) is 43.4 Å². The topological polar surface area (TPSA) is 52.7 Å². The molecular formula is C28H37N3O2. The van der Waals surface area contributed by atoms with Gasteiger partial charge in [-0.15, -0.1) is 0 Å². The molecule has 33 heavy (non-hydrogen) atoms. The van der Waals surface area contributed by atoms with Gasteiger partial charge >= 0.3 is 0 Å². The molecule has 2 aliphatic rings. The highest BCUT2D eigenvalue weighted by Crippen LogP contribution is 2.46. The number of aryl methyl sites for hydroxylation is 1. The van der Waals surface area contributed by atoms with E-state index < -0.39 is 0 Å². The third-order valence-corrected chi connectivity index (χ3v) is 7.73. The van der Waals surface area contributed by atoms with Crippen LogP contribution in [-0.4, -0.2) is 60.4 Å². The minimum atomic E-state index is 0.231. The van der Waals surface area contributed by atoms with Crippen LogP contribution in [0.2, 0.25) is 0 Å². The Morgan fingerprint density at radius 3 is 2.52 bits per heavy atom. The first kappa shape index (κ1) is 22.6. The zero-order chi connectivity index (χ0) is 22.8. The monoisotopic (exact) mass is 447 g/mol. The van der Waals surface area contributed by atoms with E-state index in [1.807, 2.05) is 0 Å². The molecule has 1 aromatic heterocycles. The third kappa shape index (κ3) is 5.01. The molecule has 0 atom stereocenters. The highest BCUT2D eigenvalue weighted by molar-refractivity contribution is 5.89. The van der Waals surface area contributed by atoms with Crippen molar-refractivity contribution in [3.05, 3.63) is 53.7 Å². The van der Waals surface area contributed by atoms with E-state index in [1.54, 1.807) is 0 Å². The molecule has 5 nitrogen and oxygen atoms in total. The van der Waals surface area contributed by atoms with Crippen molar-refractivity contribution >= 4 is 11.0 Å². The average Bonchev–Trinajstić information content (AvgIpc) is 3.48. The summed E-state index contributed by atoms with van der Waals surface area (Å²) >= 11 is 0. The van der Waals surface area contributed by atoms with Gasteiger partial charge in [0, 0.05) is 36.1 Å². The number of nitrogens with zero attached hydrogens (tertiary/aromatic N) is 3. The summed E-state index contributed by atoms with van der Waals surface area (Å²) in [5.41, 5.74) is 5.93. The number of benzene rings is 2. The molecule has 2 aromatic carbocycles. The van der Waals surface area contributed by atoms with Crippen LogP contribution in [0.5, 0.6) is 0 Å². The number of piperidine rings is 1. The van der Waals surface area contributed by atoms with Crippen LogP contribution in [0.4, 0.5) is 0 Å². The number of aliphatic hydroxyl groups excluding tert-OH is 1. The largest absolute Gasteiger partial charge is 0.396 e. The molecule has 0 bridgehead atoms. The Morgan fingerprint density at radius 2 is 1.85 bits per heavy atom. The Bertz CT molecular complexity index is 1060. The maximum atomic E-state index is 9.62. The van der Waals surface area contributed by atoms with Crippen molar-refractivity contribution in [2.24, 2.45) is 11.3 Å². The molecule has 5 rings (SSSR count). The summed E-state index contributed by atoms with van der Waals surface area (Å²) in [6.07, 6.45) is 7.05. The van der Waals surface area contributed by atoms with Gasteiger partial charge in [-0.2, -0.15) is 0 Å². The smallest absolute Gasteiger partial charge is 0.172 e. The van der Waals surface area contributed by atoms with Gasteiger partial charge in [-0.25, -0.2) is 0 Å². The summed E-state index contributed by atoms with van der Waals surface area (Å²) in [4.78, 5) is 4.77. The van der Waals surface area contributed by atoms with Crippen molar-refractivity contribution in [2.75, 3.05) is 40.3 Å². The van der Waals surface area contributed by atoms with E-state index in [0.29, 0.717) is 6.61 Å². The number of hydrogen-bond acceptors (Lipinski definition) is 5. The summed E-state index contributed by atoms with van der Waals surface area (Å²) in [5.74, 6) is 0.752. The van der Waals surface area contributed by atoms with E-state index in [2.05, 4.69) is 71.5 Å². The fraction of sp³-hybridized carbons (Fsp3) is 0.536. The number of hydrogen-bond donors (Lipinski definition) is 1. The molecule has 0 amide bonds. The normalized spacial score (nSPS) is 18.9. The number of rotatable bonds is 9. The molecule has 1 saturated carbocycles. The third-order valence-electron chi connectivity index (χ3n) is 7.73. The van der Waals surface area contributed by atoms with Crippen LogP contribution in [0.15, 0.2) is 47.0 Å². The Kier molecular flexibility index (Phi) is 6.55. The predicted molar refractivity (Wildman–Crippen MR) is 133 cm³/mol. The highest BCUT2D eigenvalue weighted by Gasteiger charge is 2.43. The predicted octanol–water partition coefficient (Wildman–Crippen LogP) is 4.97. The van der Waals surface area contributed by atoms with E-state index in [0.717, 1.165) is 36.7 Å². The fourth-order valence-electron chi connectivity index (χ4n) is 5.44. The lowest BCUT2D eigenvalue weighted by Gasteiger charge is -2.34. The quantitative estimate of drug-likeness (QED) is 0.502. The summed E-state index contributed by atoms with van der Waals surface area (Å²) in [5, 5.41) is 15.3. The summed E-state index contributed by atoms with van der Waals surface area (Å²) in [7, 11) is 4.20. The van der Waals surface area contributed by atoms with Gasteiger partial charge in [-0.3, -0.25) is 0 Å². The van der Waals surface area contributed by atoms with Crippen LogP contribution < -0.4 is 0 Å². The van der Waals surface area contributed by atoms with Crippen molar-refractivity contribution < 1.29 is 9.63 Å². The van der Waals surface area contributed by atoms with Crippen LogP contribution in [0.3, 0.4) is 0 Å². The molecule has 5 heteroatoms. The van der Waals surface area contributed by atoms with E-state index >= 15 is 0 Å². The van der Waals surface area contributed by atoms with Gasteiger partial charge in [0.25, 0.3) is 0 Å². The molecule has 1 saturated heterocycles. The van der Waals surface area contributed by atoms with Gasteiger partial charge in [0.1, 0.15) is 0 Å². The molecule has 0 radical (unpaired) electrons. The van der Waals surface area contributed by atoms with Crippen LogP contribution >= 0.6 is 0 Å². The summed E-state index contributed by atoms with van der Waals surface area (Å²) in [6, 6.07) is 15.0. The lowest BCUT2D eigenvalue weighted by atomic mass is 9.90. The zero-order valence-corrected chi connectivity index (χ0v) is 20.1. The Labute approximate surface area is 197 Å². The number of aliphatic hydroxyl groups is 1. The van der Waals surface area contributed by atoms with Crippen molar-refractivity contribution in [2.45, 2.75) is 45.1 Å². The van der Waals surface area contributed by atoms with Crippen molar-refractivity contribution in [1.29, 1.82) is 0 Å². The van der Waals surface area contributed by atoms with Crippen LogP contribution in [0.25, 0.3) is 22.1 Å². The van der Waals surface area contributed by atoms with E-state index in [4.69, 9.17) is 4.52 Å². The van der Waals surface area contributed by atoms with Crippen molar-refractivity contribution in [3.63, 3.8) is 0 Å². The molecule has 2 fully saturated rings. The fourth-order valence-corrected chi connectivity index (χ4v) is 5.44. The first-order valence-corrected chi connectivity index (χ1v) is 12.5. The maximum Gasteiger partial charge on any atom is 0.172 e. The highest BCUT2D eigenvalue weighted by atomic mass is 16.5. The van der Waals surface area contributed by atoms with Crippen molar-refractivity contribution in [3.8, 4) is 11.1 Å². The van der Waals surface area contributed by atoms with Gasteiger partial charge in [0.15, 0.2) is 5.58 Å². The van der Waals surface area contributed by atoms with Crippen molar-refractivity contribution in [1.82, 2.24) is 15.0 Å². The Balaban J connectivity index is 1.27. The average molecular weight is 448 g/mol. The minimum absolute atomic E-state index is 0.231. The van der Waals surface area contributed by atoms with Gasteiger partial charge in [0.05, 0.1) is 5.69 Å². The lowest BCUT2D eigenvalue weighted by Crippen LogP contribution is -2.38. The second-order valence-electron chi connectivity index (χ2n) is 10.6. The Morgan fingerprint density at radius 1 is 1.09 bits per heavy atom. The summed E-state index contributed by atoms with van der Waals surface area (Å²) < 4.78 is 5.97. The summed E-state index contributed by atoms with van der Waals surface area (Å²) in [6.45, 7) is 4.60. The van der Waals surface area contributed by atoms with Gasteiger partial charge < -0.3 is 19.4 Å². The molecule has 1 N–H and O–H groups in total. The molecule has 1 aliphatic heterocycles. The van der Waals surface area contributed by atoms with Gasteiger partial charge in [-0.1, -0.05) is 41.6 Å². The molecule has 2 heterocycles. The minimum Gasteiger partial charge on any atom is -0.396 e. The first-order valence-electron chi connectivity index (χ1n) is 12.5. The first-order chi connectivity index (χ1) is 16.1. The van der Waals surface area contributed by atoms with E-state index in [-0.39, 0.29) is 5.41 Å². The van der Waals surface area contributed by atoms with Crippen LogP contribution in [0, 0.1) is 11.3 Å². The zero-order valence-electron chi connectivity index (χ0n) is 20.1.